The summed E-state index contributed by atoms with van der Waals surface area (Å²) >= 11 is 0. The van der Waals surface area contributed by atoms with Crippen molar-refractivity contribution in [2.45, 2.75) is 31.2 Å². The summed E-state index contributed by atoms with van der Waals surface area (Å²) in [4.78, 5) is 0. The van der Waals surface area contributed by atoms with Crippen molar-refractivity contribution >= 4 is 5.69 Å². The predicted octanol–water partition coefficient (Wildman–Crippen LogP) is 2.14. The fourth-order valence-corrected chi connectivity index (χ4v) is 2.21. The Morgan fingerprint density at radius 3 is 2.43 bits per heavy atom. The Kier molecular flexibility index (Phi) is 2.19. The molecule has 1 aromatic rings. The zero-order valence-electron chi connectivity index (χ0n) is 8.09. The second-order valence-electron chi connectivity index (χ2n) is 4.10. The van der Waals surface area contributed by atoms with Crippen molar-refractivity contribution in [1.82, 2.24) is 0 Å². The predicted molar refractivity (Wildman–Crippen MR) is 55.1 cm³/mol. The third kappa shape index (κ3) is 1.48. The lowest BCUT2D eigenvalue weighted by Gasteiger charge is -2.24. The zero-order valence-corrected chi connectivity index (χ0v) is 8.09. The van der Waals surface area contributed by atoms with E-state index >= 15 is 0 Å². The Labute approximate surface area is 83.1 Å². The molecular formula is C11H15FN2. The maximum absolute atomic E-state index is 13.6. The molecule has 0 aromatic heterocycles. The molecule has 0 heterocycles. The largest absolute Gasteiger partial charge is 0.399 e. The van der Waals surface area contributed by atoms with Gasteiger partial charge in [0.2, 0.25) is 0 Å². The molecule has 0 radical (unpaired) electrons. The number of anilines is 1. The highest BCUT2D eigenvalue weighted by Crippen LogP contribution is 2.37. The van der Waals surface area contributed by atoms with E-state index < -0.39 is 5.54 Å². The van der Waals surface area contributed by atoms with Gasteiger partial charge >= 0.3 is 0 Å². The van der Waals surface area contributed by atoms with Crippen LogP contribution in [0.4, 0.5) is 10.1 Å². The molecule has 1 aliphatic rings. The summed E-state index contributed by atoms with van der Waals surface area (Å²) in [6.45, 7) is 0. The molecule has 0 amide bonds. The Bertz CT molecular complexity index is 343. The van der Waals surface area contributed by atoms with Gasteiger partial charge in [0.15, 0.2) is 0 Å². The summed E-state index contributed by atoms with van der Waals surface area (Å²) in [5.41, 5.74) is 12.2. The summed E-state index contributed by atoms with van der Waals surface area (Å²) in [5.74, 6) is -0.269. The third-order valence-corrected chi connectivity index (χ3v) is 3.03. The van der Waals surface area contributed by atoms with Gasteiger partial charge in [0.05, 0.1) is 0 Å². The van der Waals surface area contributed by atoms with Crippen LogP contribution in [0.1, 0.15) is 31.2 Å². The lowest BCUT2D eigenvalue weighted by molar-refractivity contribution is 0.433. The fraction of sp³-hybridized carbons (Fsp3) is 0.455. The third-order valence-electron chi connectivity index (χ3n) is 3.03. The summed E-state index contributed by atoms with van der Waals surface area (Å²) in [6, 6.07) is 4.78. The smallest absolute Gasteiger partial charge is 0.130 e. The molecule has 0 bridgehead atoms. The molecule has 4 N–H and O–H groups in total. The monoisotopic (exact) mass is 194 g/mol. The van der Waals surface area contributed by atoms with Crippen molar-refractivity contribution in [3.63, 3.8) is 0 Å². The molecule has 2 rings (SSSR count). The topological polar surface area (TPSA) is 52.0 Å². The molecule has 0 unspecified atom stereocenters. The molecule has 76 valence electrons. The number of halogens is 1. The van der Waals surface area contributed by atoms with Gasteiger partial charge in [-0.25, -0.2) is 4.39 Å². The van der Waals surface area contributed by atoms with Gasteiger partial charge in [-0.3, -0.25) is 0 Å². The fourth-order valence-electron chi connectivity index (χ4n) is 2.21. The van der Waals surface area contributed by atoms with E-state index in [0.717, 1.165) is 25.7 Å². The maximum Gasteiger partial charge on any atom is 0.130 e. The molecule has 3 heteroatoms. The number of nitrogens with two attached hydrogens (primary N) is 2. The van der Waals surface area contributed by atoms with Crippen LogP contribution >= 0.6 is 0 Å². The van der Waals surface area contributed by atoms with E-state index in [2.05, 4.69) is 0 Å². The van der Waals surface area contributed by atoms with E-state index in [0.29, 0.717) is 11.3 Å². The molecule has 0 atom stereocenters. The van der Waals surface area contributed by atoms with Gasteiger partial charge in [-0.1, -0.05) is 18.9 Å². The molecule has 0 saturated heterocycles. The van der Waals surface area contributed by atoms with E-state index in [1.807, 2.05) is 0 Å². The van der Waals surface area contributed by atoms with Gasteiger partial charge in [-0.15, -0.1) is 0 Å². The lowest BCUT2D eigenvalue weighted by atomic mass is 9.89. The molecule has 2 nitrogen and oxygen atoms in total. The van der Waals surface area contributed by atoms with Crippen LogP contribution in [-0.4, -0.2) is 0 Å². The standard InChI is InChI=1S/C11H15FN2/c12-10-7-8(13)3-4-9(10)11(14)5-1-2-6-11/h3-4,7H,1-2,5-6,13-14H2. The minimum atomic E-state index is -0.461. The number of rotatable bonds is 1. The summed E-state index contributed by atoms with van der Waals surface area (Å²) in [6.07, 6.45) is 3.91. The van der Waals surface area contributed by atoms with Crippen LogP contribution in [-0.2, 0) is 5.54 Å². The lowest BCUT2D eigenvalue weighted by Crippen LogP contribution is -2.34. The summed E-state index contributed by atoms with van der Waals surface area (Å²) in [5, 5.41) is 0. The van der Waals surface area contributed by atoms with E-state index in [1.54, 1.807) is 12.1 Å². The van der Waals surface area contributed by atoms with Crippen molar-refractivity contribution in [1.29, 1.82) is 0 Å². The Balaban J connectivity index is 2.40. The van der Waals surface area contributed by atoms with Crippen molar-refractivity contribution in [2.75, 3.05) is 5.73 Å². The second kappa shape index (κ2) is 3.24. The quantitative estimate of drug-likeness (QED) is 0.673. The minimum Gasteiger partial charge on any atom is -0.399 e. The van der Waals surface area contributed by atoms with E-state index in [1.165, 1.54) is 6.07 Å². The van der Waals surface area contributed by atoms with Gasteiger partial charge in [-0.2, -0.15) is 0 Å². The van der Waals surface area contributed by atoms with Crippen molar-refractivity contribution in [2.24, 2.45) is 5.73 Å². The highest BCUT2D eigenvalue weighted by Gasteiger charge is 2.33. The highest BCUT2D eigenvalue weighted by atomic mass is 19.1. The average molecular weight is 194 g/mol. The Morgan fingerprint density at radius 1 is 1.21 bits per heavy atom. The highest BCUT2D eigenvalue weighted by molar-refractivity contribution is 5.42. The summed E-state index contributed by atoms with van der Waals surface area (Å²) in [7, 11) is 0. The second-order valence-corrected chi connectivity index (χ2v) is 4.10. The number of hydrogen-bond donors (Lipinski definition) is 2. The van der Waals surface area contributed by atoms with Crippen LogP contribution in [0.15, 0.2) is 18.2 Å². The van der Waals surface area contributed by atoms with Crippen LogP contribution in [0, 0.1) is 5.82 Å². The number of benzene rings is 1. The maximum atomic E-state index is 13.6. The summed E-state index contributed by atoms with van der Waals surface area (Å²) < 4.78 is 13.6. The zero-order chi connectivity index (χ0) is 10.2. The van der Waals surface area contributed by atoms with Gasteiger partial charge < -0.3 is 11.5 Å². The van der Waals surface area contributed by atoms with Gasteiger partial charge in [0.1, 0.15) is 5.82 Å². The normalized spacial score (nSPS) is 19.9. The Morgan fingerprint density at radius 2 is 1.86 bits per heavy atom. The molecule has 0 aliphatic heterocycles. The first-order valence-corrected chi connectivity index (χ1v) is 4.96. The van der Waals surface area contributed by atoms with E-state index in [4.69, 9.17) is 11.5 Å². The van der Waals surface area contributed by atoms with Crippen LogP contribution in [0.5, 0.6) is 0 Å². The van der Waals surface area contributed by atoms with Gasteiger partial charge in [0, 0.05) is 16.8 Å². The van der Waals surface area contributed by atoms with Gasteiger partial charge in [-0.05, 0) is 25.0 Å². The first kappa shape index (κ1) is 9.46. The van der Waals surface area contributed by atoms with Gasteiger partial charge in [0.25, 0.3) is 0 Å². The molecule has 14 heavy (non-hydrogen) atoms. The SMILES string of the molecule is Nc1ccc(C2(N)CCCC2)c(F)c1. The van der Waals surface area contributed by atoms with Crippen LogP contribution in [0.3, 0.4) is 0 Å². The minimum absolute atomic E-state index is 0.269. The average Bonchev–Trinajstić information content (AvgIpc) is 2.52. The number of nitrogen functional groups attached to an aromatic ring is 1. The van der Waals surface area contributed by atoms with E-state index in [9.17, 15) is 4.39 Å². The Hall–Kier alpha value is -1.09. The molecule has 1 aromatic carbocycles. The molecule has 1 fully saturated rings. The molecule has 1 aliphatic carbocycles. The van der Waals surface area contributed by atoms with Crippen LogP contribution < -0.4 is 11.5 Å². The van der Waals surface area contributed by atoms with Crippen LogP contribution in [0.2, 0.25) is 0 Å². The van der Waals surface area contributed by atoms with Crippen molar-refractivity contribution in [3.8, 4) is 0 Å². The molecular weight excluding hydrogens is 179 g/mol. The number of hydrogen-bond acceptors (Lipinski definition) is 2. The van der Waals surface area contributed by atoms with E-state index in [-0.39, 0.29) is 5.82 Å². The van der Waals surface area contributed by atoms with Crippen LogP contribution in [0.25, 0.3) is 0 Å². The molecule has 1 saturated carbocycles. The first-order chi connectivity index (χ1) is 6.62. The van der Waals surface area contributed by atoms with Crippen molar-refractivity contribution < 1.29 is 4.39 Å². The molecule has 0 spiro atoms. The van der Waals surface area contributed by atoms with Crippen molar-refractivity contribution in [3.05, 3.63) is 29.6 Å². The first-order valence-electron chi connectivity index (χ1n) is 4.96.